The number of nitrogens with one attached hydrogen (secondary N) is 3. The molecule has 172 valence electrons. The van der Waals surface area contributed by atoms with Gasteiger partial charge in [-0.1, -0.05) is 55.7 Å². The smallest absolute Gasteiger partial charge is 0.229 e. The average Bonchev–Trinajstić information content (AvgIpc) is 2.84. The van der Waals surface area contributed by atoms with Gasteiger partial charge in [0, 0.05) is 12.6 Å². The summed E-state index contributed by atoms with van der Waals surface area (Å²) in [5.41, 5.74) is 3.69. The van der Waals surface area contributed by atoms with Crippen LogP contribution in [0.25, 0.3) is 0 Å². The highest BCUT2D eigenvalue weighted by molar-refractivity contribution is 5.46. The zero-order valence-electron chi connectivity index (χ0n) is 18.9. The Morgan fingerprint density at radius 2 is 1.48 bits per heavy atom. The molecule has 0 amide bonds. The number of hydrogen-bond acceptors (Lipinski definition) is 6. The molecule has 0 saturated heterocycles. The van der Waals surface area contributed by atoms with Crippen molar-refractivity contribution in [3.63, 3.8) is 0 Å². The topological polar surface area (TPSA) is 74.8 Å². The average molecular weight is 447 g/mol. The van der Waals surface area contributed by atoms with Crippen molar-refractivity contribution in [3.8, 4) is 0 Å². The van der Waals surface area contributed by atoms with Crippen LogP contribution in [-0.2, 0) is 13.0 Å². The third kappa shape index (κ3) is 5.59. The van der Waals surface area contributed by atoms with Gasteiger partial charge in [0.1, 0.15) is 5.82 Å². The van der Waals surface area contributed by atoms with Crippen molar-refractivity contribution in [3.05, 3.63) is 71.0 Å². The summed E-state index contributed by atoms with van der Waals surface area (Å²) in [4.78, 5) is 14.0. The number of hydrogen-bond donors (Lipinski definition) is 3. The lowest BCUT2D eigenvalue weighted by molar-refractivity contribution is 0.460. The number of aromatic nitrogens is 3. The summed E-state index contributed by atoms with van der Waals surface area (Å²) >= 11 is 0. The minimum Gasteiger partial charge on any atom is -0.351 e. The van der Waals surface area contributed by atoms with Gasteiger partial charge < -0.3 is 16.0 Å². The van der Waals surface area contributed by atoms with Crippen LogP contribution in [0.1, 0.15) is 67.7 Å². The maximum Gasteiger partial charge on any atom is 0.229 e. The number of nitrogens with zero attached hydrogens (tertiary/aromatic N) is 3. The second-order valence-corrected chi connectivity index (χ2v) is 9.05. The van der Waals surface area contributed by atoms with Crippen molar-refractivity contribution in [2.75, 3.05) is 16.0 Å². The first-order valence-corrected chi connectivity index (χ1v) is 12.1. The fraction of sp³-hybridized carbons (Fsp3) is 0.423. The van der Waals surface area contributed by atoms with Crippen LogP contribution < -0.4 is 16.0 Å². The molecule has 33 heavy (non-hydrogen) atoms. The molecule has 1 saturated carbocycles. The Morgan fingerprint density at radius 3 is 2.30 bits per heavy atom. The minimum absolute atomic E-state index is 0.185. The predicted molar refractivity (Wildman–Crippen MR) is 130 cm³/mol. The zero-order valence-corrected chi connectivity index (χ0v) is 18.9. The summed E-state index contributed by atoms with van der Waals surface area (Å²) in [5.74, 6) is 1.45. The van der Waals surface area contributed by atoms with Gasteiger partial charge >= 0.3 is 0 Å². The number of rotatable bonds is 7. The highest BCUT2D eigenvalue weighted by Crippen LogP contribution is 2.32. The van der Waals surface area contributed by atoms with E-state index in [2.05, 4.69) is 50.2 Å². The Bertz CT molecular complexity index is 1060. The van der Waals surface area contributed by atoms with E-state index in [-0.39, 0.29) is 11.9 Å². The SMILES string of the molecule is Fc1ccc(CNc2nc(NC3CCCCC3)nc(NC3CCCc4ccccc43)n2)cc1. The van der Waals surface area contributed by atoms with E-state index in [1.54, 1.807) is 12.1 Å². The van der Waals surface area contributed by atoms with Crippen LogP contribution >= 0.6 is 0 Å². The third-order valence-corrected chi connectivity index (χ3v) is 6.61. The molecule has 1 heterocycles. The molecule has 2 aromatic carbocycles. The van der Waals surface area contributed by atoms with Crippen molar-refractivity contribution in [2.45, 2.75) is 70.0 Å². The molecule has 7 heteroatoms. The molecule has 1 fully saturated rings. The molecule has 0 bridgehead atoms. The summed E-state index contributed by atoms with van der Waals surface area (Å²) < 4.78 is 13.2. The van der Waals surface area contributed by atoms with Crippen LogP contribution in [0.2, 0.25) is 0 Å². The van der Waals surface area contributed by atoms with E-state index in [1.165, 1.54) is 42.5 Å². The molecule has 6 nitrogen and oxygen atoms in total. The quantitative estimate of drug-likeness (QED) is 0.422. The van der Waals surface area contributed by atoms with Crippen molar-refractivity contribution in [1.29, 1.82) is 0 Å². The highest BCUT2D eigenvalue weighted by Gasteiger charge is 2.22. The summed E-state index contributed by atoms with van der Waals surface area (Å²) in [6.45, 7) is 0.513. The third-order valence-electron chi connectivity index (χ3n) is 6.61. The van der Waals surface area contributed by atoms with Crippen LogP contribution in [-0.4, -0.2) is 21.0 Å². The van der Waals surface area contributed by atoms with E-state index in [0.29, 0.717) is 30.4 Å². The Morgan fingerprint density at radius 1 is 0.758 bits per heavy atom. The monoisotopic (exact) mass is 446 g/mol. The largest absolute Gasteiger partial charge is 0.351 e. The molecular weight excluding hydrogens is 415 g/mol. The van der Waals surface area contributed by atoms with Gasteiger partial charge in [-0.3, -0.25) is 0 Å². The molecule has 1 atom stereocenters. The van der Waals surface area contributed by atoms with Gasteiger partial charge in [-0.2, -0.15) is 15.0 Å². The van der Waals surface area contributed by atoms with Gasteiger partial charge in [0.15, 0.2) is 0 Å². The van der Waals surface area contributed by atoms with Gasteiger partial charge in [-0.05, 0) is 60.9 Å². The molecule has 0 aliphatic heterocycles. The van der Waals surface area contributed by atoms with Crippen LogP contribution in [0.5, 0.6) is 0 Å². The zero-order chi connectivity index (χ0) is 22.5. The van der Waals surface area contributed by atoms with E-state index in [1.807, 2.05) is 0 Å². The van der Waals surface area contributed by atoms with Crippen molar-refractivity contribution in [1.82, 2.24) is 15.0 Å². The predicted octanol–water partition coefficient (Wildman–Crippen LogP) is 5.86. The van der Waals surface area contributed by atoms with Gasteiger partial charge in [0.2, 0.25) is 17.8 Å². The standard InChI is InChI=1S/C26H31FN6/c27-20-15-13-18(14-16-20)17-28-24-31-25(29-21-9-2-1-3-10-21)33-26(32-24)30-23-12-6-8-19-7-4-5-11-22(19)23/h4-5,7,11,13-16,21,23H,1-3,6,8-10,12,17H2,(H3,28,29,30,31,32,33). The number of benzene rings is 2. The Hall–Kier alpha value is -3.22. The molecule has 3 N–H and O–H groups in total. The van der Waals surface area contributed by atoms with Crippen LogP contribution in [0.3, 0.4) is 0 Å². The minimum atomic E-state index is -0.239. The van der Waals surface area contributed by atoms with Gasteiger partial charge in [-0.25, -0.2) is 4.39 Å². The molecule has 2 aliphatic rings. The summed E-state index contributed by atoms with van der Waals surface area (Å²) in [6.07, 6.45) is 9.36. The lowest BCUT2D eigenvalue weighted by atomic mass is 9.88. The normalized spacial score (nSPS) is 18.4. The summed E-state index contributed by atoms with van der Waals surface area (Å²) in [5, 5.41) is 10.4. The van der Waals surface area contributed by atoms with Crippen LogP contribution in [0.4, 0.5) is 22.2 Å². The van der Waals surface area contributed by atoms with Crippen LogP contribution in [0, 0.1) is 5.82 Å². The van der Waals surface area contributed by atoms with Crippen molar-refractivity contribution >= 4 is 17.8 Å². The van der Waals surface area contributed by atoms with E-state index >= 15 is 0 Å². The number of fused-ring (bicyclic) bond motifs is 1. The Kier molecular flexibility index (Phi) is 6.65. The van der Waals surface area contributed by atoms with Gasteiger partial charge in [0.05, 0.1) is 6.04 Å². The first-order valence-electron chi connectivity index (χ1n) is 12.1. The Labute approximate surface area is 194 Å². The highest BCUT2D eigenvalue weighted by atomic mass is 19.1. The molecule has 2 aliphatic carbocycles. The maximum atomic E-state index is 13.2. The number of halogens is 1. The first-order chi connectivity index (χ1) is 16.2. The van der Waals surface area contributed by atoms with E-state index in [9.17, 15) is 4.39 Å². The van der Waals surface area contributed by atoms with Gasteiger partial charge in [0.25, 0.3) is 0 Å². The molecular formula is C26H31FN6. The first kappa shape index (κ1) is 21.6. The van der Waals surface area contributed by atoms with Crippen molar-refractivity contribution < 1.29 is 4.39 Å². The van der Waals surface area contributed by atoms with Gasteiger partial charge in [-0.15, -0.1) is 0 Å². The molecule has 0 radical (unpaired) electrons. The van der Waals surface area contributed by atoms with E-state index in [0.717, 1.165) is 37.7 Å². The molecule has 3 aromatic rings. The molecule has 1 unspecified atom stereocenters. The Balaban J connectivity index is 1.36. The number of anilines is 3. The lowest BCUT2D eigenvalue weighted by Crippen LogP contribution is -2.25. The lowest BCUT2D eigenvalue weighted by Gasteiger charge is -2.27. The second kappa shape index (κ2) is 10.1. The fourth-order valence-corrected chi connectivity index (χ4v) is 4.86. The van der Waals surface area contributed by atoms with Crippen molar-refractivity contribution in [2.24, 2.45) is 0 Å². The van der Waals surface area contributed by atoms with Crippen LogP contribution in [0.15, 0.2) is 48.5 Å². The fourth-order valence-electron chi connectivity index (χ4n) is 4.86. The molecule has 1 aromatic heterocycles. The van der Waals surface area contributed by atoms with E-state index in [4.69, 9.17) is 4.98 Å². The number of aryl methyl sites for hydroxylation is 1. The maximum absolute atomic E-state index is 13.2. The second-order valence-electron chi connectivity index (χ2n) is 9.05. The molecule has 0 spiro atoms. The molecule has 5 rings (SSSR count). The summed E-state index contributed by atoms with van der Waals surface area (Å²) in [6, 6.07) is 15.7. The summed E-state index contributed by atoms with van der Waals surface area (Å²) in [7, 11) is 0. The van der Waals surface area contributed by atoms with E-state index < -0.39 is 0 Å².